The standard InChI is InChI=1S/C9H12Cl2N4O/c10-7-13-8(11)15-9(14-7)12-3-1-6-2-4-16-5-6/h6H,1-5H2,(H,12,13,14,15). The zero-order valence-corrected chi connectivity index (χ0v) is 10.1. The van der Waals surface area contributed by atoms with Gasteiger partial charge in [0.05, 0.1) is 0 Å². The molecule has 0 bridgehead atoms. The van der Waals surface area contributed by atoms with E-state index in [-0.39, 0.29) is 10.6 Å². The Morgan fingerprint density at radius 3 is 2.62 bits per heavy atom. The topological polar surface area (TPSA) is 59.9 Å². The fourth-order valence-corrected chi connectivity index (χ4v) is 1.97. The van der Waals surface area contributed by atoms with Crippen molar-refractivity contribution < 1.29 is 4.74 Å². The molecule has 1 fully saturated rings. The normalized spacial score (nSPS) is 20.0. The minimum absolute atomic E-state index is 0.103. The lowest BCUT2D eigenvalue weighted by molar-refractivity contribution is 0.185. The molecule has 0 saturated carbocycles. The highest BCUT2D eigenvalue weighted by Gasteiger charge is 2.15. The molecule has 1 aromatic heterocycles. The lowest BCUT2D eigenvalue weighted by atomic mass is 10.1. The Balaban J connectivity index is 1.80. The van der Waals surface area contributed by atoms with Gasteiger partial charge in [-0.15, -0.1) is 0 Å². The molecule has 88 valence electrons. The molecule has 2 rings (SSSR count). The minimum atomic E-state index is 0.103. The number of ether oxygens (including phenoxy) is 1. The van der Waals surface area contributed by atoms with Crippen LogP contribution in [0.2, 0.25) is 10.6 Å². The maximum absolute atomic E-state index is 5.65. The zero-order chi connectivity index (χ0) is 11.4. The van der Waals surface area contributed by atoms with Crippen molar-refractivity contribution >= 4 is 29.2 Å². The highest BCUT2D eigenvalue weighted by Crippen LogP contribution is 2.16. The molecular weight excluding hydrogens is 251 g/mol. The smallest absolute Gasteiger partial charge is 0.228 e. The summed E-state index contributed by atoms with van der Waals surface area (Å²) >= 11 is 11.3. The van der Waals surface area contributed by atoms with E-state index in [1.807, 2.05) is 0 Å². The number of hydrogen-bond donors (Lipinski definition) is 1. The van der Waals surface area contributed by atoms with Crippen molar-refractivity contribution in [2.75, 3.05) is 25.1 Å². The highest BCUT2D eigenvalue weighted by atomic mass is 35.5. The summed E-state index contributed by atoms with van der Waals surface area (Å²) in [5, 5.41) is 3.27. The SMILES string of the molecule is Clc1nc(Cl)nc(NCCC2CCOC2)n1. The van der Waals surface area contributed by atoms with Gasteiger partial charge >= 0.3 is 0 Å². The first-order chi connectivity index (χ1) is 7.74. The molecule has 0 amide bonds. The van der Waals surface area contributed by atoms with Crippen molar-refractivity contribution in [2.24, 2.45) is 5.92 Å². The number of halogens is 2. The van der Waals surface area contributed by atoms with E-state index in [9.17, 15) is 0 Å². The van der Waals surface area contributed by atoms with Crippen molar-refractivity contribution in [1.82, 2.24) is 15.0 Å². The third-order valence-electron chi connectivity index (χ3n) is 2.44. The molecule has 0 aromatic carbocycles. The number of rotatable bonds is 4. The second-order valence-corrected chi connectivity index (χ2v) is 4.32. The van der Waals surface area contributed by atoms with Crippen LogP contribution < -0.4 is 5.32 Å². The van der Waals surface area contributed by atoms with E-state index in [0.717, 1.165) is 32.6 Å². The van der Waals surface area contributed by atoms with E-state index in [1.165, 1.54) is 0 Å². The largest absolute Gasteiger partial charge is 0.381 e. The third kappa shape index (κ3) is 3.43. The summed E-state index contributed by atoms with van der Waals surface area (Å²) in [6, 6.07) is 0. The molecule has 16 heavy (non-hydrogen) atoms. The molecule has 1 aliphatic rings. The average molecular weight is 263 g/mol. The van der Waals surface area contributed by atoms with Gasteiger partial charge in [-0.05, 0) is 42.0 Å². The Labute approximate surface area is 104 Å². The molecule has 1 atom stereocenters. The van der Waals surface area contributed by atoms with Crippen LogP contribution in [0.4, 0.5) is 5.95 Å². The van der Waals surface area contributed by atoms with Crippen molar-refractivity contribution in [3.05, 3.63) is 10.6 Å². The van der Waals surface area contributed by atoms with E-state index >= 15 is 0 Å². The lowest BCUT2D eigenvalue weighted by Crippen LogP contribution is -2.11. The van der Waals surface area contributed by atoms with E-state index in [2.05, 4.69) is 20.3 Å². The summed E-state index contributed by atoms with van der Waals surface area (Å²) in [4.78, 5) is 11.5. The summed E-state index contributed by atoms with van der Waals surface area (Å²) < 4.78 is 5.29. The quantitative estimate of drug-likeness (QED) is 0.900. The molecule has 0 radical (unpaired) electrons. The van der Waals surface area contributed by atoms with Gasteiger partial charge in [0.15, 0.2) is 0 Å². The molecular formula is C9H12Cl2N4O. The van der Waals surface area contributed by atoms with Gasteiger partial charge < -0.3 is 10.1 Å². The second kappa shape index (κ2) is 5.61. The van der Waals surface area contributed by atoms with E-state index in [0.29, 0.717) is 11.9 Å². The van der Waals surface area contributed by atoms with Crippen LogP contribution >= 0.6 is 23.2 Å². The fraction of sp³-hybridized carbons (Fsp3) is 0.667. The average Bonchev–Trinajstić information content (AvgIpc) is 2.69. The van der Waals surface area contributed by atoms with Gasteiger partial charge in [0, 0.05) is 19.8 Å². The van der Waals surface area contributed by atoms with Crippen LogP contribution in [-0.4, -0.2) is 34.7 Å². The lowest BCUT2D eigenvalue weighted by Gasteiger charge is -2.08. The van der Waals surface area contributed by atoms with Crippen molar-refractivity contribution in [3.8, 4) is 0 Å². The fourth-order valence-electron chi connectivity index (χ4n) is 1.60. The maximum atomic E-state index is 5.65. The predicted octanol–water partition coefficient (Wildman–Crippen LogP) is 2.02. The molecule has 1 aliphatic heterocycles. The minimum Gasteiger partial charge on any atom is -0.381 e. The van der Waals surface area contributed by atoms with Crippen LogP contribution in [0, 0.1) is 5.92 Å². The number of nitrogens with zero attached hydrogens (tertiary/aromatic N) is 3. The van der Waals surface area contributed by atoms with Crippen LogP contribution in [0.5, 0.6) is 0 Å². The summed E-state index contributed by atoms with van der Waals surface area (Å²) in [5.74, 6) is 1.05. The Hall–Kier alpha value is -0.650. The molecule has 5 nitrogen and oxygen atoms in total. The summed E-state index contributed by atoms with van der Waals surface area (Å²) in [6.07, 6.45) is 2.15. The summed E-state index contributed by atoms with van der Waals surface area (Å²) in [5.41, 5.74) is 0. The van der Waals surface area contributed by atoms with Gasteiger partial charge in [0.2, 0.25) is 16.5 Å². The van der Waals surface area contributed by atoms with Crippen LogP contribution in [-0.2, 0) is 4.74 Å². The molecule has 7 heteroatoms. The Kier molecular flexibility index (Phi) is 4.15. The van der Waals surface area contributed by atoms with Gasteiger partial charge in [-0.2, -0.15) is 15.0 Å². The van der Waals surface area contributed by atoms with Crippen molar-refractivity contribution in [1.29, 1.82) is 0 Å². The van der Waals surface area contributed by atoms with Gasteiger partial charge in [-0.1, -0.05) is 0 Å². The Bertz CT molecular complexity index is 337. The first-order valence-electron chi connectivity index (χ1n) is 5.13. The van der Waals surface area contributed by atoms with Crippen LogP contribution in [0.15, 0.2) is 0 Å². The van der Waals surface area contributed by atoms with E-state index in [1.54, 1.807) is 0 Å². The van der Waals surface area contributed by atoms with E-state index < -0.39 is 0 Å². The molecule has 1 saturated heterocycles. The zero-order valence-electron chi connectivity index (χ0n) is 8.62. The molecule has 2 heterocycles. The van der Waals surface area contributed by atoms with Gasteiger partial charge in [-0.25, -0.2) is 0 Å². The maximum Gasteiger partial charge on any atom is 0.228 e. The number of aromatic nitrogens is 3. The Morgan fingerprint density at radius 2 is 2.00 bits per heavy atom. The number of nitrogens with one attached hydrogen (secondary N) is 1. The second-order valence-electron chi connectivity index (χ2n) is 3.64. The van der Waals surface area contributed by atoms with Crippen molar-refractivity contribution in [3.63, 3.8) is 0 Å². The van der Waals surface area contributed by atoms with Crippen LogP contribution in [0.25, 0.3) is 0 Å². The monoisotopic (exact) mass is 262 g/mol. The number of anilines is 1. The van der Waals surface area contributed by atoms with Gasteiger partial charge in [-0.3, -0.25) is 0 Å². The van der Waals surface area contributed by atoms with Crippen LogP contribution in [0.3, 0.4) is 0 Å². The predicted molar refractivity (Wildman–Crippen MR) is 61.9 cm³/mol. The Morgan fingerprint density at radius 1 is 1.25 bits per heavy atom. The molecule has 1 aromatic rings. The molecule has 0 spiro atoms. The highest BCUT2D eigenvalue weighted by molar-refractivity contribution is 6.31. The van der Waals surface area contributed by atoms with E-state index in [4.69, 9.17) is 27.9 Å². The van der Waals surface area contributed by atoms with Crippen LogP contribution in [0.1, 0.15) is 12.8 Å². The number of hydrogen-bond acceptors (Lipinski definition) is 5. The summed E-state index contributed by atoms with van der Waals surface area (Å²) in [7, 11) is 0. The van der Waals surface area contributed by atoms with Gasteiger partial charge in [0.25, 0.3) is 0 Å². The first-order valence-corrected chi connectivity index (χ1v) is 5.88. The summed E-state index contributed by atoms with van der Waals surface area (Å²) in [6.45, 7) is 2.50. The molecule has 0 aliphatic carbocycles. The molecule has 1 unspecified atom stereocenters. The molecule has 1 N–H and O–H groups in total. The third-order valence-corrected chi connectivity index (χ3v) is 2.78. The van der Waals surface area contributed by atoms with Gasteiger partial charge in [0.1, 0.15) is 0 Å². The first kappa shape index (κ1) is 11.8. The van der Waals surface area contributed by atoms with Crippen molar-refractivity contribution in [2.45, 2.75) is 12.8 Å².